The van der Waals surface area contributed by atoms with Gasteiger partial charge in [-0.2, -0.15) is 0 Å². The van der Waals surface area contributed by atoms with Crippen LogP contribution in [0.3, 0.4) is 0 Å². The van der Waals surface area contributed by atoms with Crippen molar-refractivity contribution in [1.82, 2.24) is 10.6 Å². The largest absolute Gasteiger partial charge is 0.480 e. The number of hydrogen-bond donors (Lipinski definition) is 3. The number of alkyl carbamates (subject to hydrolysis) is 1. The third-order valence-electron chi connectivity index (χ3n) is 3.23. The Labute approximate surface area is 137 Å². The molecule has 1 aromatic carbocycles. The first-order chi connectivity index (χ1) is 11.0. The van der Waals surface area contributed by atoms with Gasteiger partial charge in [0.15, 0.2) is 0 Å². The Bertz CT molecular complexity index is 477. The predicted molar refractivity (Wildman–Crippen MR) is 88.1 cm³/mol. The molecule has 1 rings (SSSR count). The van der Waals surface area contributed by atoms with E-state index in [0.29, 0.717) is 31.8 Å². The molecule has 128 valence electrons. The van der Waals surface area contributed by atoms with Crippen molar-refractivity contribution in [2.45, 2.75) is 39.3 Å². The average molecular weight is 322 g/mol. The Morgan fingerprint density at radius 2 is 1.87 bits per heavy atom. The van der Waals surface area contributed by atoms with Gasteiger partial charge < -0.3 is 20.5 Å². The molecule has 0 saturated carbocycles. The Kier molecular flexibility index (Phi) is 8.75. The molecule has 0 heterocycles. The lowest BCUT2D eigenvalue weighted by atomic mass is 10.0. The zero-order valence-corrected chi connectivity index (χ0v) is 13.7. The summed E-state index contributed by atoms with van der Waals surface area (Å²) in [6, 6.07) is 8.91. The van der Waals surface area contributed by atoms with Crippen molar-refractivity contribution in [3.05, 3.63) is 35.9 Å². The minimum absolute atomic E-state index is 0.237. The van der Waals surface area contributed by atoms with Gasteiger partial charge in [0.1, 0.15) is 12.6 Å². The fourth-order valence-electron chi connectivity index (χ4n) is 2.07. The number of nitrogens with one attached hydrogen (secondary N) is 2. The van der Waals surface area contributed by atoms with Gasteiger partial charge in [-0.3, -0.25) is 4.79 Å². The van der Waals surface area contributed by atoms with Crippen molar-refractivity contribution in [3.8, 4) is 0 Å². The number of carbonyl (C=O) groups is 2. The van der Waals surface area contributed by atoms with Gasteiger partial charge >= 0.3 is 12.1 Å². The van der Waals surface area contributed by atoms with Crippen molar-refractivity contribution in [2.24, 2.45) is 5.92 Å². The number of carboxylic acid groups (broad SMARTS) is 1. The van der Waals surface area contributed by atoms with Crippen LogP contribution in [0.1, 0.15) is 32.3 Å². The van der Waals surface area contributed by atoms with E-state index in [1.807, 2.05) is 44.2 Å². The van der Waals surface area contributed by atoms with Crippen molar-refractivity contribution in [1.29, 1.82) is 0 Å². The number of hydrogen-bond acceptors (Lipinski definition) is 4. The fraction of sp³-hybridized carbons (Fsp3) is 0.529. The topological polar surface area (TPSA) is 87.7 Å². The Morgan fingerprint density at radius 1 is 1.17 bits per heavy atom. The summed E-state index contributed by atoms with van der Waals surface area (Å²) >= 11 is 0. The molecule has 0 aliphatic heterocycles. The number of benzene rings is 1. The minimum atomic E-state index is -0.839. The number of aliphatic carboxylic acids is 1. The van der Waals surface area contributed by atoms with E-state index < -0.39 is 18.1 Å². The van der Waals surface area contributed by atoms with Gasteiger partial charge in [0.05, 0.1) is 0 Å². The van der Waals surface area contributed by atoms with E-state index in [0.717, 1.165) is 5.56 Å². The molecule has 23 heavy (non-hydrogen) atoms. The molecule has 1 amide bonds. The van der Waals surface area contributed by atoms with Crippen molar-refractivity contribution in [2.75, 3.05) is 13.1 Å². The maximum Gasteiger partial charge on any atom is 0.407 e. The summed E-state index contributed by atoms with van der Waals surface area (Å²) in [5.74, 6) is -0.524. The Morgan fingerprint density at radius 3 is 2.48 bits per heavy atom. The first-order valence-corrected chi connectivity index (χ1v) is 7.89. The van der Waals surface area contributed by atoms with Crippen molar-refractivity contribution < 1.29 is 19.4 Å². The summed E-state index contributed by atoms with van der Waals surface area (Å²) in [5.41, 5.74) is 0.933. The van der Waals surface area contributed by atoms with Crippen LogP contribution in [0, 0.1) is 5.92 Å². The maximum absolute atomic E-state index is 11.5. The number of amides is 1. The van der Waals surface area contributed by atoms with Crippen LogP contribution in [0.2, 0.25) is 0 Å². The van der Waals surface area contributed by atoms with E-state index in [2.05, 4.69) is 10.6 Å². The van der Waals surface area contributed by atoms with Crippen molar-refractivity contribution in [3.63, 3.8) is 0 Å². The van der Waals surface area contributed by atoms with Crippen molar-refractivity contribution >= 4 is 12.1 Å². The van der Waals surface area contributed by atoms with Crippen LogP contribution < -0.4 is 10.6 Å². The molecule has 0 aliphatic rings. The molecular formula is C17H26N2O4. The molecule has 0 aromatic heterocycles. The third-order valence-corrected chi connectivity index (χ3v) is 3.23. The minimum Gasteiger partial charge on any atom is -0.480 e. The monoisotopic (exact) mass is 322 g/mol. The van der Waals surface area contributed by atoms with Crippen LogP contribution in [0.25, 0.3) is 0 Å². The molecule has 6 nitrogen and oxygen atoms in total. The molecule has 1 unspecified atom stereocenters. The Balaban J connectivity index is 2.11. The van der Waals surface area contributed by atoms with E-state index in [1.54, 1.807) is 0 Å². The highest BCUT2D eigenvalue weighted by atomic mass is 16.5. The van der Waals surface area contributed by atoms with Crippen LogP contribution in [0.15, 0.2) is 30.3 Å². The van der Waals surface area contributed by atoms with Gasteiger partial charge in [0.25, 0.3) is 0 Å². The zero-order valence-electron chi connectivity index (χ0n) is 13.7. The summed E-state index contributed by atoms with van der Waals surface area (Å²) in [6.45, 7) is 5.18. The van der Waals surface area contributed by atoms with Gasteiger partial charge in [-0.05, 0) is 30.9 Å². The first kappa shape index (κ1) is 19.0. The van der Waals surface area contributed by atoms with Crippen LogP contribution >= 0.6 is 0 Å². The first-order valence-electron chi connectivity index (χ1n) is 7.89. The lowest BCUT2D eigenvalue weighted by Crippen LogP contribution is -2.39. The van der Waals surface area contributed by atoms with Gasteiger partial charge in [0, 0.05) is 6.54 Å². The third kappa shape index (κ3) is 8.83. The summed E-state index contributed by atoms with van der Waals surface area (Å²) < 4.78 is 5.08. The second kappa shape index (κ2) is 10.6. The summed E-state index contributed by atoms with van der Waals surface area (Å²) in [6.07, 6.45) is 0.760. The normalized spacial score (nSPS) is 12.0. The molecule has 0 saturated heterocycles. The van der Waals surface area contributed by atoms with Gasteiger partial charge in [-0.15, -0.1) is 0 Å². The molecule has 0 spiro atoms. The van der Waals surface area contributed by atoms with Gasteiger partial charge in [0.2, 0.25) is 0 Å². The highest BCUT2D eigenvalue weighted by Crippen LogP contribution is 2.04. The molecule has 1 atom stereocenters. The highest BCUT2D eigenvalue weighted by Gasteiger charge is 2.17. The van der Waals surface area contributed by atoms with Crippen LogP contribution in [-0.2, 0) is 16.1 Å². The number of rotatable bonds is 10. The average Bonchev–Trinajstić information content (AvgIpc) is 2.52. The van der Waals surface area contributed by atoms with Gasteiger partial charge in [-0.25, -0.2) is 4.79 Å². The summed E-state index contributed by atoms with van der Waals surface area (Å²) in [7, 11) is 0. The number of carboxylic acids is 1. The quantitative estimate of drug-likeness (QED) is 0.576. The fourth-order valence-corrected chi connectivity index (χ4v) is 2.07. The second-order valence-electron chi connectivity index (χ2n) is 5.82. The van der Waals surface area contributed by atoms with E-state index in [1.165, 1.54) is 0 Å². The van der Waals surface area contributed by atoms with Gasteiger partial charge in [-0.1, -0.05) is 44.2 Å². The lowest BCUT2D eigenvalue weighted by Gasteiger charge is -2.16. The number of ether oxygens (including phenoxy) is 1. The molecule has 3 N–H and O–H groups in total. The SMILES string of the molecule is CC(C)CC(NCCCNC(=O)OCc1ccccc1)C(=O)O. The highest BCUT2D eigenvalue weighted by molar-refractivity contribution is 5.73. The van der Waals surface area contributed by atoms with E-state index in [-0.39, 0.29) is 6.61 Å². The number of carbonyl (C=O) groups excluding carboxylic acids is 1. The van der Waals surface area contributed by atoms with E-state index >= 15 is 0 Å². The molecule has 0 aliphatic carbocycles. The van der Waals surface area contributed by atoms with Crippen LogP contribution in [0.4, 0.5) is 4.79 Å². The lowest BCUT2D eigenvalue weighted by molar-refractivity contribution is -0.139. The predicted octanol–water partition coefficient (Wildman–Crippen LogP) is 2.39. The smallest absolute Gasteiger partial charge is 0.407 e. The molecule has 0 radical (unpaired) electrons. The summed E-state index contributed by atoms with van der Waals surface area (Å²) in [4.78, 5) is 22.6. The zero-order chi connectivity index (χ0) is 17.1. The molecule has 0 fully saturated rings. The molecule has 6 heteroatoms. The van der Waals surface area contributed by atoms with E-state index in [4.69, 9.17) is 9.84 Å². The standard InChI is InChI=1S/C17H26N2O4/c1-13(2)11-15(16(20)21)18-9-6-10-19-17(22)23-12-14-7-4-3-5-8-14/h3-5,7-8,13,15,18H,6,9-12H2,1-2H3,(H,19,22)(H,20,21). The maximum atomic E-state index is 11.5. The Hall–Kier alpha value is -2.08. The summed E-state index contributed by atoms with van der Waals surface area (Å²) in [5, 5.41) is 14.7. The second-order valence-corrected chi connectivity index (χ2v) is 5.82. The van der Waals surface area contributed by atoms with Crippen LogP contribution in [0.5, 0.6) is 0 Å². The van der Waals surface area contributed by atoms with E-state index in [9.17, 15) is 9.59 Å². The molecule has 0 bridgehead atoms. The molecular weight excluding hydrogens is 296 g/mol. The van der Waals surface area contributed by atoms with Crippen LogP contribution in [-0.4, -0.2) is 36.3 Å². The molecule has 1 aromatic rings.